The van der Waals surface area contributed by atoms with E-state index in [1.54, 1.807) is 0 Å². The number of rotatable bonds is 6. The molecule has 4 nitrogen and oxygen atoms in total. The average molecular weight is 187 g/mol. The van der Waals surface area contributed by atoms with Crippen LogP contribution < -0.4 is 5.32 Å². The first-order valence-electron chi connectivity index (χ1n) is 4.85. The number of hydrogen-bond donors (Lipinski definition) is 1. The van der Waals surface area contributed by atoms with Gasteiger partial charge in [0.15, 0.2) is 0 Å². The van der Waals surface area contributed by atoms with Gasteiger partial charge in [0, 0.05) is 6.54 Å². The smallest absolute Gasteiger partial charge is 0.407 e. The first-order chi connectivity index (χ1) is 6.33. The summed E-state index contributed by atoms with van der Waals surface area (Å²) >= 11 is 0. The summed E-state index contributed by atoms with van der Waals surface area (Å²) in [6, 6.07) is 0. The molecule has 1 saturated heterocycles. The van der Waals surface area contributed by atoms with Crippen molar-refractivity contribution in [3.05, 3.63) is 0 Å². The molecule has 0 saturated carbocycles. The van der Waals surface area contributed by atoms with Crippen molar-refractivity contribution in [2.75, 3.05) is 19.8 Å². The predicted molar refractivity (Wildman–Crippen MR) is 48.6 cm³/mol. The molecule has 1 aliphatic rings. The van der Waals surface area contributed by atoms with E-state index >= 15 is 0 Å². The highest BCUT2D eigenvalue weighted by Crippen LogP contribution is 2.08. The van der Waals surface area contributed by atoms with E-state index in [2.05, 4.69) is 12.2 Å². The number of hydrogen-bond acceptors (Lipinski definition) is 3. The van der Waals surface area contributed by atoms with Gasteiger partial charge in [0.1, 0.15) is 12.7 Å². The molecule has 1 aliphatic heterocycles. The third kappa shape index (κ3) is 5.47. The molecule has 0 aromatic heterocycles. The van der Waals surface area contributed by atoms with Crippen LogP contribution in [0.1, 0.15) is 26.2 Å². The van der Waals surface area contributed by atoms with E-state index < -0.39 is 0 Å². The van der Waals surface area contributed by atoms with E-state index in [9.17, 15) is 4.79 Å². The fourth-order valence-electron chi connectivity index (χ4n) is 0.949. The van der Waals surface area contributed by atoms with Gasteiger partial charge in [-0.1, -0.05) is 19.8 Å². The lowest BCUT2D eigenvalue weighted by molar-refractivity contribution is 0.136. The molecule has 13 heavy (non-hydrogen) atoms. The second-order valence-electron chi connectivity index (χ2n) is 3.19. The standard InChI is InChI=1S/C9H17NO3/c1-2-3-4-5-10-9(11)13-7-8-6-12-8/h8H,2-7H2,1H3,(H,10,11). The molecule has 0 spiro atoms. The van der Waals surface area contributed by atoms with Crippen molar-refractivity contribution in [1.29, 1.82) is 0 Å². The molecule has 1 atom stereocenters. The highest BCUT2D eigenvalue weighted by atomic mass is 16.6. The minimum Gasteiger partial charge on any atom is -0.447 e. The first kappa shape index (κ1) is 10.3. The lowest BCUT2D eigenvalue weighted by Crippen LogP contribution is -2.26. The summed E-state index contributed by atoms with van der Waals surface area (Å²) in [5.41, 5.74) is 0. The number of nitrogens with one attached hydrogen (secondary N) is 1. The maximum Gasteiger partial charge on any atom is 0.407 e. The lowest BCUT2D eigenvalue weighted by atomic mass is 10.2. The fraction of sp³-hybridized carbons (Fsp3) is 0.889. The third-order valence-electron chi connectivity index (χ3n) is 1.85. The second kappa shape index (κ2) is 5.80. The van der Waals surface area contributed by atoms with Gasteiger partial charge in [-0.05, 0) is 6.42 Å². The molecule has 1 fully saturated rings. The molecule has 0 aromatic rings. The summed E-state index contributed by atoms with van der Waals surface area (Å²) in [6.45, 7) is 3.95. The number of alkyl carbamates (subject to hydrolysis) is 1. The predicted octanol–water partition coefficient (Wildman–Crippen LogP) is 1.30. The zero-order chi connectivity index (χ0) is 9.52. The van der Waals surface area contributed by atoms with Gasteiger partial charge < -0.3 is 14.8 Å². The number of epoxide rings is 1. The average Bonchev–Trinajstić information content (AvgIpc) is 2.92. The normalized spacial score (nSPS) is 19.6. The van der Waals surface area contributed by atoms with Crippen LogP contribution in [0.3, 0.4) is 0 Å². The van der Waals surface area contributed by atoms with E-state index in [0.29, 0.717) is 13.2 Å². The lowest BCUT2D eigenvalue weighted by Gasteiger charge is -2.04. The number of amides is 1. The first-order valence-corrected chi connectivity index (χ1v) is 4.85. The van der Waals surface area contributed by atoms with Gasteiger partial charge in [-0.2, -0.15) is 0 Å². The number of carbonyl (C=O) groups excluding carboxylic acids is 1. The molecule has 4 heteroatoms. The molecular formula is C9H17NO3. The Bertz CT molecular complexity index is 157. The molecule has 1 rings (SSSR count). The second-order valence-corrected chi connectivity index (χ2v) is 3.19. The van der Waals surface area contributed by atoms with E-state index in [4.69, 9.17) is 9.47 Å². The summed E-state index contributed by atoms with van der Waals surface area (Å²) in [7, 11) is 0. The van der Waals surface area contributed by atoms with Gasteiger partial charge in [-0.3, -0.25) is 0 Å². The van der Waals surface area contributed by atoms with Gasteiger partial charge in [0.05, 0.1) is 6.61 Å². The molecule has 0 radical (unpaired) electrons. The van der Waals surface area contributed by atoms with Crippen LogP contribution in [-0.2, 0) is 9.47 Å². The Morgan fingerprint density at radius 1 is 1.62 bits per heavy atom. The summed E-state index contributed by atoms with van der Waals surface area (Å²) in [4.78, 5) is 10.9. The van der Waals surface area contributed by atoms with E-state index in [1.165, 1.54) is 0 Å². The quantitative estimate of drug-likeness (QED) is 0.503. The largest absolute Gasteiger partial charge is 0.447 e. The van der Waals surface area contributed by atoms with Crippen molar-refractivity contribution in [2.24, 2.45) is 0 Å². The van der Waals surface area contributed by atoms with Gasteiger partial charge in [0.2, 0.25) is 0 Å². The minimum atomic E-state index is -0.327. The van der Waals surface area contributed by atoms with E-state index in [0.717, 1.165) is 25.9 Å². The molecule has 0 aromatic carbocycles. The Labute approximate surface area is 78.6 Å². The van der Waals surface area contributed by atoms with Crippen molar-refractivity contribution in [3.63, 3.8) is 0 Å². The van der Waals surface area contributed by atoms with E-state index in [-0.39, 0.29) is 12.2 Å². The Kier molecular flexibility index (Phi) is 4.60. The van der Waals surface area contributed by atoms with Gasteiger partial charge in [-0.15, -0.1) is 0 Å². The SMILES string of the molecule is CCCCCNC(=O)OCC1CO1. The van der Waals surface area contributed by atoms with Crippen LogP contribution in [-0.4, -0.2) is 32.0 Å². The zero-order valence-corrected chi connectivity index (χ0v) is 8.04. The van der Waals surface area contributed by atoms with Gasteiger partial charge in [-0.25, -0.2) is 4.79 Å². The Morgan fingerprint density at radius 3 is 3.00 bits per heavy atom. The van der Waals surface area contributed by atoms with E-state index in [1.807, 2.05) is 0 Å². The Morgan fingerprint density at radius 2 is 2.38 bits per heavy atom. The molecule has 76 valence electrons. The van der Waals surface area contributed by atoms with Crippen LogP contribution >= 0.6 is 0 Å². The van der Waals surface area contributed by atoms with Gasteiger partial charge >= 0.3 is 6.09 Å². The number of unbranched alkanes of at least 4 members (excludes halogenated alkanes) is 2. The maximum absolute atomic E-state index is 10.9. The Hall–Kier alpha value is -0.770. The molecule has 0 bridgehead atoms. The highest BCUT2D eigenvalue weighted by molar-refractivity contribution is 5.67. The van der Waals surface area contributed by atoms with Crippen LogP contribution in [0.15, 0.2) is 0 Å². The summed E-state index contributed by atoms with van der Waals surface area (Å²) < 4.78 is 9.77. The number of carbonyl (C=O) groups is 1. The molecular weight excluding hydrogens is 170 g/mol. The monoisotopic (exact) mass is 187 g/mol. The molecule has 1 unspecified atom stereocenters. The molecule has 1 N–H and O–H groups in total. The van der Waals surface area contributed by atoms with Crippen LogP contribution in [0.5, 0.6) is 0 Å². The summed E-state index contributed by atoms with van der Waals surface area (Å²) in [6.07, 6.45) is 3.15. The van der Waals surface area contributed by atoms with Crippen LogP contribution in [0, 0.1) is 0 Å². The summed E-state index contributed by atoms with van der Waals surface area (Å²) in [5.74, 6) is 0. The van der Waals surface area contributed by atoms with Crippen LogP contribution in [0.2, 0.25) is 0 Å². The van der Waals surface area contributed by atoms with Crippen molar-refractivity contribution in [2.45, 2.75) is 32.3 Å². The third-order valence-corrected chi connectivity index (χ3v) is 1.85. The highest BCUT2D eigenvalue weighted by Gasteiger charge is 2.23. The Balaban J connectivity index is 1.84. The zero-order valence-electron chi connectivity index (χ0n) is 8.04. The van der Waals surface area contributed by atoms with Crippen LogP contribution in [0.4, 0.5) is 4.79 Å². The van der Waals surface area contributed by atoms with Crippen molar-refractivity contribution < 1.29 is 14.3 Å². The molecule has 1 amide bonds. The minimum absolute atomic E-state index is 0.154. The van der Waals surface area contributed by atoms with Crippen molar-refractivity contribution >= 4 is 6.09 Å². The van der Waals surface area contributed by atoms with Crippen molar-refractivity contribution in [3.8, 4) is 0 Å². The fourth-order valence-corrected chi connectivity index (χ4v) is 0.949. The summed E-state index contributed by atoms with van der Waals surface area (Å²) in [5, 5.41) is 2.68. The van der Waals surface area contributed by atoms with Crippen molar-refractivity contribution in [1.82, 2.24) is 5.32 Å². The maximum atomic E-state index is 10.9. The van der Waals surface area contributed by atoms with Gasteiger partial charge in [0.25, 0.3) is 0 Å². The topological polar surface area (TPSA) is 50.9 Å². The molecule has 1 heterocycles. The molecule has 0 aliphatic carbocycles. The number of ether oxygens (including phenoxy) is 2. The van der Waals surface area contributed by atoms with Crippen LogP contribution in [0.25, 0.3) is 0 Å².